The molecular formula is C43H48Cl2SiZr. The van der Waals surface area contributed by atoms with E-state index in [0.717, 1.165) is 0 Å². The molecule has 0 aromatic heterocycles. The topological polar surface area (TPSA) is 0 Å². The number of hydrogen-bond acceptors (Lipinski definition) is 0. The van der Waals surface area contributed by atoms with Crippen LogP contribution in [0, 0.1) is 26.7 Å². The zero-order chi connectivity index (χ0) is 31.9. The van der Waals surface area contributed by atoms with E-state index in [0.29, 0.717) is 13.2 Å². The largest absolute Gasteiger partial charge is 0.147 e. The molecule has 5 aromatic rings. The van der Waals surface area contributed by atoms with Crippen LogP contribution in [0.4, 0.5) is 0 Å². The number of allylic oxidation sites excluding steroid dienone is 2. The van der Waals surface area contributed by atoms with E-state index >= 15 is 0 Å². The van der Waals surface area contributed by atoms with Gasteiger partial charge in [-0.25, -0.2) is 0 Å². The van der Waals surface area contributed by atoms with Crippen molar-refractivity contribution in [3.63, 3.8) is 0 Å². The molecule has 0 aliphatic heterocycles. The maximum Gasteiger partial charge on any atom is -0.147 e. The fourth-order valence-electron chi connectivity index (χ4n) is 9.24. The molecule has 0 N–H and O–H groups in total. The summed E-state index contributed by atoms with van der Waals surface area (Å²) in [7, 11) is 0. The maximum atomic E-state index is 2.78. The Morgan fingerprint density at radius 1 is 0.617 bits per heavy atom. The van der Waals surface area contributed by atoms with Gasteiger partial charge in [0.2, 0.25) is 0 Å². The van der Waals surface area contributed by atoms with Gasteiger partial charge >= 0.3 is 275 Å². The van der Waals surface area contributed by atoms with Crippen LogP contribution in [0.5, 0.6) is 0 Å². The third-order valence-corrected chi connectivity index (χ3v) is 28.6. The monoisotopic (exact) mass is 752 g/mol. The standard InChI is InChI=1S/C22H19.C19H19.2CH3.2ClH.H2Si.Zr/c1-15(2)18-13-17-9-6-12-21(22(17)14-18)20-11-5-8-16-7-3-4-10-19(16)20;1-12-5-7-16(15(4)9-12)17-8-6-14(3)18-10-13(2)11-19(17)18;;;;;;/h3-15H,1-2H3;5-11H,1-4H3;2*1H3;2*1H;1H2;. The Labute approximate surface area is 297 Å². The molecule has 0 spiro atoms. The Bertz CT molecular complexity index is 2170. The molecule has 2 unspecified atom stereocenters. The molecule has 0 nitrogen and oxygen atoms in total. The minimum absolute atomic E-state index is 0. The molecule has 0 heterocycles. The first kappa shape index (κ1) is 35.8. The quantitative estimate of drug-likeness (QED) is 0.157. The number of rotatable bonds is 5. The second-order valence-electron chi connectivity index (χ2n) is 15.4. The predicted molar refractivity (Wildman–Crippen MR) is 212 cm³/mol. The third-order valence-electron chi connectivity index (χ3n) is 11.0. The van der Waals surface area contributed by atoms with Gasteiger partial charge in [-0.3, -0.25) is 0 Å². The number of hydrogen-bond donors (Lipinski definition) is 0. The summed E-state index contributed by atoms with van der Waals surface area (Å²) in [6.07, 6.45) is 5.18. The number of aryl methyl sites for hydroxylation is 3. The first-order chi connectivity index (χ1) is 21.4. The van der Waals surface area contributed by atoms with Crippen molar-refractivity contribution in [3.05, 3.63) is 141 Å². The zero-order valence-electron chi connectivity index (χ0n) is 29.1. The molecule has 2 aliphatic carbocycles. The van der Waals surface area contributed by atoms with Gasteiger partial charge in [0.05, 0.1) is 0 Å². The average Bonchev–Trinajstić information content (AvgIpc) is 3.58. The van der Waals surface area contributed by atoms with Crippen molar-refractivity contribution in [1.29, 1.82) is 0 Å². The second kappa shape index (κ2) is 12.8. The summed E-state index contributed by atoms with van der Waals surface area (Å²) in [4.78, 5) is 0. The molecule has 2 atom stereocenters. The van der Waals surface area contributed by atoms with Crippen molar-refractivity contribution in [3.8, 4) is 22.3 Å². The predicted octanol–water partition coefficient (Wildman–Crippen LogP) is 12.5. The summed E-state index contributed by atoms with van der Waals surface area (Å²) < 4.78 is 6.56. The zero-order valence-corrected chi connectivity index (χ0v) is 34.6. The molecule has 5 aromatic carbocycles. The molecule has 0 radical (unpaired) electrons. The van der Waals surface area contributed by atoms with Gasteiger partial charge in [0.25, 0.3) is 0 Å². The van der Waals surface area contributed by atoms with Gasteiger partial charge in [0, 0.05) is 0 Å². The Kier molecular flexibility index (Phi) is 9.73. The first-order valence-corrected chi connectivity index (χ1v) is 30.3. The molecule has 0 bridgehead atoms. The van der Waals surface area contributed by atoms with E-state index in [1.165, 1.54) is 60.8 Å². The van der Waals surface area contributed by atoms with Crippen LogP contribution in [0.1, 0.15) is 67.0 Å². The molecule has 0 fully saturated rings. The molecule has 242 valence electrons. The van der Waals surface area contributed by atoms with Gasteiger partial charge in [0.15, 0.2) is 0 Å². The summed E-state index contributed by atoms with van der Waals surface area (Å²) in [6.45, 7) is 16.6. The van der Waals surface area contributed by atoms with Crippen molar-refractivity contribution in [2.75, 3.05) is 0 Å². The summed E-state index contributed by atoms with van der Waals surface area (Å²) in [5.74, 6) is 0.494. The van der Waals surface area contributed by atoms with Crippen molar-refractivity contribution < 1.29 is 17.4 Å². The smallest absolute Gasteiger partial charge is 0.147 e. The van der Waals surface area contributed by atoms with Crippen LogP contribution in [0.3, 0.4) is 0 Å². The van der Waals surface area contributed by atoms with Crippen molar-refractivity contribution in [1.82, 2.24) is 0 Å². The molecule has 0 saturated heterocycles. The fraction of sp³-hybridized carbons (Fsp3) is 0.256. The normalized spacial score (nSPS) is 17.1. The van der Waals surface area contributed by atoms with Crippen molar-refractivity contribution in [2.24, 2.45) is 5.92 Å². The van der Waals surface area contributed by atoms with E-state index in [1.807, 2.05) is 0 Å². The Hall–Kier alpha value is -2.48. The van der Waals surface area contributed by atoms with Gasteiger partial charge in [-0.2, -0.15) is 0 Å². The minimum Gasteiger partial charge on any atom is -0.147 e. The maximum absolute atomic E-state index is 3.72. The van der Waals surface area contributed by atoms with E-state index < -0.39 is 17.4 Å². The van der Waals surface area contributed by atoms with E-state index in [1.54, 1.807) is 22.3 Å². The van der Waals surface area contributed by atoms with Crippen molar-refractivity contribution >= 4 is 54.6 Å². The van der Waals surface area contributed by atoms with Crippen LogP contribution in [0.2, 0.25) is 9.26 Å². The molecule has 7 rings (SSSR count). The van der Waals surface area contributed by atoms with Gasteiger partial charge in [-0.15, -0.1) is 24.8 Å². The first-order valence-electron chi connectivity index (χ1n) is 16.6. The van der Waals surface area contributed by atoms with Gasteiger partial charge in [-0.05, 0) is 0 Å². The van der Waals surface area contributed by atoms with Crippen molar-refractivity contribution in [2.45, 2.75) is 58.1 Å². The van der Waals surface area contributed by atoms with Crippen LogP contribution < -0.4 is 0 Å². The summed E-state index contributed by atoms with van der Waals surface area (Å²) in [6, 6.07) is 34.5. The van der Waals surface area contributed by atoms with Crippen LogP contribution in [0.15, 0.2) is 102 Å². The van der Waals surface area contributed by atoms with E-state index in [2.05, 4.69) is 161 Å². The summed E-state index contributed by atoms with van der Waals surface area (Å²) >= 11 is -3.72. The SMILES string of the molecule is CC1=Cc2c(-c3ccc(C)cc3C)ccc(C)c2[CH]1[Zr]([CH3])([CH3])(=[SiH2])[CH]1C(C(C)C)=Cc2c(-c3cccc4ccccc34)cccc21.Cl.Cl. The molecule has 4 heteroatoms. The second-order valence-corrected chi connectivity index (χ2v) is 45.9. The summed E-state index contributed by atoms with van der Waals surface area (Å²) in [5.41, 5.74) is 19.0. The minimum atomic E-state index is -3.72. The van der Waals surface area contributed by atoms with Crippen LogP contribution in [-0.4, -0.2) is 6.88 Å². The fourth-order valence-corrected chi connectivity index (χ4v) is 29.9. The average molecular weight is 755 g/mol. The number of fused-ring (bicyclic) bond motifs is 3. The Balaban J connectivity index is 0.00000217. The third kappa shape index (κ3) is 5.72. The van der Waals surface area contributed by atoms with Gasteiger partial charge in [-0.1, -0.05) is 0 Å². The van der Waals surface area contributed by atoms with Gasteiger partial charge < -0.3 is 0 Å². The number of halogens is 2. The van der Waals surface area contributed by atoms with Crippen LogP contribution in [-0.2, 0) is 17.4 Å². The number of benzene rings is 5. The molecule has 2 aliphatic rings. The van der Waals surface area contributed by atoms with E-state index in [4.69, 9.17) is 0 Å². The van der Waals surface area contributed by atoms with Gasteiger partial charge in [0.1, 0.15) is 0 Å². The molecular weight excluding hydrogens is 707 g/mol. The molecule has 0 amide bonds. The van der Waals surface area contributed by atoms with E-state index in [9.17, 15) is 0 Å². The summed E-state index contributed by atoms with van der Waals surface area (Å²) in [5, 5.41) is 2.65. The Morgan fingerprint density at radius 2 is 1.26 bits per heavy atom. The Morgan fingerprint density at radius 3 is 1.98 bits per heavy atom. The molecule has 0 saturated carbocycles. The van der Waals surface area contributed by atoms with Crippen LogP contribution >= 0.6 is 24.8 Å². The van der Waals surface area contributed by atoms with E-state index in [-0.39, 0.29) is 24.8 Å². The van der Waals surface area contributed by atoms with Crippen LogP contribution in [0.25, 0.3) is 45.2 Å². The molecule has 47 heavy (non-hydrogen) atoms.